The predicted molar refractivity (Wildman–Crippen MR) is 215 cm³/mol. The van der Waals surface area contributed by atoms with Gasteiger partial charge in [-0.3, -0.25) is 0 Å². The first-order valence-corrected chi connectivity index (χ1v) is 17.2. The van der Waals surface area contributed by atoms with E-state index in [-0.39, 0.29) is 35.4 Å². The molecule has 0 atom stereocenters. The van der Waals surface area contributed by atoms with Gasteiger partial charge in [0.15, 0.2) is 0 Å². The molecular formula is C48H31N3. The number of hydrogen-bond donors (Lipinski definition) is 0. The van der Waals surface area contributed by atoms with E-state index in [2.05, 4.69) is 94.1 Å². The summed E-state index contributed by atoms with van der Waals surface area (Å²) >= 11 is 0. The van der Waals surface area contributed by atoms with Gasteiger partial charge in [0.25, 0.3) is 0 Å². The minimum Gasteiger partial charge on any atom is -0.309 e. The maximum absolute atomic E-state index is 9.34. The second-order valence-electron chi connectivity index (χ2n) is 13.1. The average molecular weight is 654 g/mol. The molecule has 3 nitrogen and oxygen atoms in total. The van der Waals surface area contributed by atoms with Crippen molar-refractivity contribution in [1.29, 1.82) is 0 Å². The number of rotatable bonds is 4. The summed E-state index contributed by atoms with van der Waals surface area (Å²) in [6.45, 7) is 0. The molecule has 8 aromatic carbocycles. The van der Waals surface area contributed by atoms with Crippen LogP contribution in [0.25, 0.3) is 93.6 Å². The van der Waals surface area contributed by atoms with Crippen LogP contribution in [-0.4, -0.2) is 13.7 Å². The van der Waals surface area contributed by atoms with Crippen LogP contribution in [0.15, 0.2) is 188 Å². The molecule has 3 aromatic heterocycles. The fourth-order valence-electron chi connectivity index (χ4n) is 8.10. The third-order valence-electron chi connectivity index (χ3n) is 10.3. The fraction of sp³-hybridized carbons (Fsp3) is 0. The maximum atomic E-state index is 9.34. The Morgan fingerprint density at radius 3 is 1.10 bits per heavy atom. The summed E-state index contributed by atoms with van der Waals surface area (Å²) < 4.78 is 43.8. The van der Waals surface area contributed by atoms with E-state index < -0.39 is 0 Å². The summed E-state index contributed by atoms with van der Waals surface area (Å²) in [4.78, 5) is 0. The van der Waals surface area contributed by atoms with Crippen molar-refractivity contribution in [1.82, 2.24) is 13.7 Å². The summed E-state index contributed by atoms with van der Waals surface area (Å²) in [7, 11) is 0. The third-order valence-corrected chi connectivity index (χ3v) is 10.3. The molecule has 0 spiro atoms. The van der Waals surface area contributed by atoms with Gasteiger partial charge in [0.05, 0.1) is 38.6 Å². The van der Waals surface area contributed by atoms with Gasteiger partial charge in [0.1, 0.15) is 0 Å². The highest BCUT2D eigenvalue weighted by molar-refractivity contribution is 6.12. The van der Waals surface area contributed by atoms with Crippen molar-refractivity contribution in [2.75, 3.05) is 0 Å². The Kier molecular flexibility index (Phi) is 5.16. The Bertz CT molecular complexity index is 3250. The Morgan fingerprint density at radius 2 is 0.647 bits per heavy atom. The lowest BCUT2D eigenvalue weighted by molar-refractivity contribution is 1.13. The lowest BCUT2D eigenvalue weighted by atomic mass is 10.0. The number of fused-ring (bicyclic) bond motifs is 9. The molecule has 0 radical (unpaired) electrons. The van der Waals surface area contributed by atoms with Gasteiger partial charge in [-0.1, -0.05) is 115 Å². The molecule has 0 aliphatic carbocycles. The molecule has 0 N–H and O–H groups in total. The van der Waals surface area contributed by atoms with Crippen molar-refractivity contribution < 1.29 is 5.48 Å². The second-order valence-corrected chi connectivity index (χ2v) is 13.1. The van der Waals surface area contributed by atoms with Crippen LogP contribution < -0.4 is 0 Å². The van der Waals surface area contributed by atoms with Crippen molar-refractivity contribution in [3.63, 3.8) is 0 Å². The van der Waals surface area contributed by atoms with Crippen LogP contribution in [-0.2, 0) is 0 Å². The highest BCUT2D eigenvalue weighted by Crippen LogP contribution is 2.38. The van der Waals surface area contributed by atoms with Crippen molar-refractivity contribution in [2.45, 2.75) is 0 Å². The minimum absolute atomic E-state index is 0.0696. The second kappa shape index (κ2) is 10.8. The maximum Gasteiger partial charge on any atom is 0.0645 e. The van der Waals surface area contributed by atoms with E-state index in [9.17, 15) is 5.48 Å². The molecule has 3 heterocycles. The van der Waals surface area contributed by atoms with E-state index in [1.165, 1.54) is 10.8 Å². The van der Waals surface area contributed by atoms with E-state index in [0.29, 0.717) is 5.56 Å². The summed E-state index contributed by atoms with van der Waals surface area (Å²) in [5.41, 5.74) is 9.25. The van der Waals surface area contributed by atoms with Gasteiger partial charge in [0.2, 0.25) is 0 Å². The Morgan fingerprint density at radius 1 is 0.275 bits per heavy atom. The Balaban J connectivity index is 1.10. The van der Waals surface area contributed by atoms with Crippen LogP contribution in [0.4, 0.5) is 0 Å². The SMILES string of the molecule is [2H]c1c([2H])c(-n2c3ccccc3c3ccccc32)c([2H])c([2H])c1-c1ccc2c(c1)c1ccccc1n2-c1cccc(-n2c3ccccc3c3ccccc32)c1. The van der Waals surface area contributed by atoms with Gasteiger partial charge in [-0.25, -0.2) is 0 Å². The lowest BCUT2D eigenvalue weighted by Crippen LogP contribution is -1.98. The first-order chi connectivity index (χ1) is 27.0. The van der Waals surface area contributed by atoms with Crippen LogP contribution in [0.5, 0.6) is 0 Å². The highest BCUT2D eigenvalue weighted by Gasteiger charge is 2.17. The standard InChI is InChI=1S/C48H31N3/c1-6-19-43-37(14-1)38-15-2-7-20-44(38)49(43)34-27-24-32(25-28-34)33-26-29-48-42(30-33)41-18-5-10-23-47(41)51(48)36-13-11-12-35(31-36)50-45-21-8-3-16-39(45)40-17-4-9-22-46(40)50/h1-31H/i24D,25D,27D,28D. The summed E-state index contributed by atoms with van der Waals surface area (Å²) in [5.74, 6) is 0. The number of hydrogen-bond acceptors (Lipinski definition) is 0. The fourth-order valence-corrected chi connectivity index (χ4v) is 8.10. The first kappa shape index (κ1) is 24.3. The van der Waals surface area contributed by atoms with Crippen molar-refractivity contribution in [3.05, 3.63) is 188 Å². The number of benzene rings is 8. The average Bonchev–Trinajstić information content (AvgIpc) is 3.86. The van der Waals surface area contributed by atoms with Crippen molar-refractivity contribution in [2.24, 2.45) is 0 Å². The molecular weight excluding hydrogens is 619 g/mol. The molecule has 0 saturated carbocycles. The zero-order valence-corrected chi connectivity index (χ0v) is 27.4. The van der Waals surface area contributed by atoms with Crippen LogP contribution in [0.2, 0.25) is 0 Å². The third kappa shape index (κ3) is 4.12. The molecule has 0 aliphatic heterocycles. The van der Waals surface area contributed by atoms with Gasteiger partial charge < -0.3 is 13.7 Å². The van der Waals surface area contributed by atoms with E-state index in [4.69, 9.17) is 0 Å². The van der Waals surface area contributed by atoms with Crippen molar-refractivity contribution >= 4 is 65.4 Å². The molecule has 11 rings (SSSR count). The zero-order valence-electron chi connectivity index (χ0n) is 31.4. The molecule has 3 heteroatoms. The molecule has 51 heavy (non-hydrogen) atoms. The molecule has 0 bridgehead atoms. The van der Waals surface area contributed by atoms with Gasteiger partial charge in [0, 0.05) is 49.4 Å². The van der Waals surface area contributed by atoms with Crippen molar-refractivity contribution in [3.8, 4) is 28.2 Å². The largest absolute Gasteiger partial charge is 0.309 e. The molecule has 0 saturated heterocycles. The van der Waals surface area contributed by atoms with E-state index in [1.807, 2.05) is 83.4 Å². The highest BCUT2D eigenvalue weighted by atomic mass is 15.0. The van der Waals surface area contributed by atoms with Crippen LogP contribution in [0.3, 0.4) is 0 Å². The first-order valence-electron chi connectivity index (χ1n) is 19.2. The van der Waals surface area contributed by atoms with E-state index in [0.717, 1.165) is 66.0 Å². The van der Waals surface area contributed by atoms with Gasteiger partial charge in [-0.2, -0.15) is 0 Å². The summed E-state index contributed by atoms with van der Waals surface area (Å²) in [6, 6.07) is 55.5. The van der Waals surface area contributed by atoms with Gasteiger partial charge >= 0.3 is 0 Å². The van der Waals surface area contributed by atoms with Crippen LogP contribution in [0.1, 0.15) is 5.48 Å². The zero-order chi connectivity index (χ0) is 36.9. The lowest BCUT2D eigenvalue weighted by Gasteiger charge is -2.13. The Labute approximate surface area is 300 Å². The van der Waals surface area contributed by atoms with Crippen LogP contribution >= 0.6 is 0 Å². The topological polar surface area (TPSA) is 14.8 Å². The monoisotopic (exact) mass is 653 g/mol. The van der Waals surface area contributed by atoms with E-state index >= 15 is 0 Å². The minimum atomic E-state index is -0.0769. The van der Waals surface area contributed by atoms with Crippen LogP contribution in [0, 0.1) is 0 Å². The molecule has 0 unspecified atom stereocenters. The number of aromatic nitrogens is 3. The van der Waals surface area contributed by atoms with Gasteiger partial charge in [-0.15, -0.1) is 0 Å². The molecule has 0 fully saturated rings. The normalized spacial score (nSPS) is 13.0. The molecule has 238 valence electrons. The Hall–Kier alpha value is -6.84. The summed E-state index contributed by atoms with van der Waals surface area (Å²) in [6.07, 6.45) is 0. The van der Waals surface area contributed by atoms with Gasteiger partial charge in [-0.05, 0) is 83.9 Å². The molecule has 0 amide bonds. The predicted octanol–water partition coefficient (Wildman–Crippen LogP) is 12.6. The number of para-hydroxylation sites is 5. The smallest absolute Gasteiger partial charge is 0.0645 e. The number of nitrogens with zero attached hydrogens (tertiary/aromatic N) is 3. The molecule has 0 aliphatic rings. The quantitative estimate of drug-likeness (QED) is 0.180. The van der Waals surface area contributed by atoms with E-state index in [1.54, 1.807) is 0 Å². The molecule has 11 aromatic rings. The summed E-state index contributed by atoms with van der Waals surface area (Å²) in [5, 5.41) is 6.44.